The molecular weight excluding hydrogens is 260 g/mol. The Balaban J connectivity index is 0.00000196. The molecule has 0 spiro atoms. The van der Waals surface area contributed by atoms with Gasteiger partial charge in [0.25, 0.3) is 0 Å². The average Bonchev–Trinajstić information content (AvgIpc) is 2.07. The van der Waals surface area contributed by atoms with Crippen LogP contribution in [-0.4, -0.2) is 4.92 Å². The molecule has 0 bridgehead atoms. The van der Waals surface area contributed by atoms with Gasteiger partial charge in [-0.05, 0) is 12.5 Å². The number of nitro groups is 1. The molecule has 0 N–H and O–H groups in total. The summed E-state index contributed by atoms with van der Waals surface area (Å²) in [7, 11) is 0. The second kappa shape index (κ2) is 5.60. The van der Waals surface area contributed by atoms with Gasteiger partial charge in [0.15, 0.2) is 12.2 Å². The van der Waals surface area contributed by atoms with Gasteiger partial charge in [-0.3, -0.25) is 10.1 Å². The monoisotopic (exact) mass is 272 g/mol. The zero-order valence-electron chi connectivity index (χ0n) is 8.74. The van der Waals surface area contributed by atoms with Crippen LogP contribution in [0.25, 0.3) is 0 Å². The summed E-state index contributed by atoms with van der Waals surface area (Å²) in [6.45, 7) is 8.20. The summed E-state index contributed by atoms with van der Waals surface area (Å²) in [5.41, 5.74) is 2.06. The van der Waals surface area contributed by atoms with Crippen LogP contribution in [0.5, 0.6) is 0 Å². The standard InChI is InChI=1S/C10H13N2O2.BrH/c1-8(2)6-11-7-10(12(13)14)5-4-9(11)3;/h4-5,7H,1,6H2,2-3H3;1H/q+1;/p-1. The molecule has 0 aliphatic carbocycles. The fourth-order valence-corrected chi connectivity index (χ4v) is 1.18. The summed E-state index contributed by atoms with van der Waals surface area (Å²) in [6, 6.07) is 3.24. The van der Waals surface area contributed by atoms with Crippen LogP contribution in [0.1, 0.15) is 12.6 Å². The molecule has 0 amide bonds. The van der Waals surface area contributed by atoms with Gasteiger partial charge in [-0.25, -0.2) is 0 Å². The molecule has 0 aromatic carbocycles. The highest BCUT2D eigenvalue weighted by molar-refractivity contribution is 5.23. The lowest BCUT2D eigenvalue weighted by atomic mass is 10.3. The van der Waals surface area contributed by atoms with E-state index in [9.17, 15) is 10.1 Å². The third kappa shape index (κ3) is 3.79. The van der Waals surface area contributed by atoms with Crippen molar-refractivity contribution in [1.82, 2.24) is 0 Å². The first-order valence-electron chi connectivity index (χ1n) is 4.29. The van der Waals surface area contributed by atoms with Gasteiger partial charge >= 0.3 is 5.69 Å². The summed E-state index contributed by atoms with van der Waals surface area (Å²) in [5, 5.41) is 10.5. The molecule has 1 rings (SSSR count). The van der Waals surface area contributed by atoms with Crippen LogP contribution in [0.3, 0.4) is 0 Å². The second-order valence-corrected chi connectivity index (χ2v) is 3.37. The highest BCUT2D eigenvalue weighted by atomic mass is 79.9. The van der Waals surface area contributed by atoms with Gasteiger partial charge in [0.05, 0.1) is 4.92 Å². The summed E-state index contributed by atoms with van der Waals surface area (Å²) >= 11 is 0. The lowest BCUT2D eigenvalue weighted by molar-refractivity contribution is -0.697. The Morgan fingerprint density at radius 3 is 2.67 bits per heavy atom. The van der Waals surface area contributed by atoms with Crippen LogP contribution in [0, 0.1) is 17.0 Å². The van der Waals surface area contributed by atoms with E-state index in [2.05, 4.69) is 6.58 Å². The van der Waals surface area contributed by atoms with E-state index in [1.165, 1.54) is 12.3 Å². The minimum atomic E-state index is -0.394. The summed E-state index contributed by atoms with van der Waals surface area (Å²) in [5.74, 6) is 0. The van der Waals surface area contributed by atoms with Crippen LogP contribution < -0.4 is 21.5 Å². The Morgan fingerprint density at radius 1 is 1.60 bits per heavy atom. The molecule has 0 unspecified atom stereocenters. The molecule has 0 saturated heterocycles. The lowest BCUT2D eigenvalue weighted by Gasteiger charge is -1.99. The molecule has 0 aliphatic rings. The predicted molar refractivity (Wildman–Crippen MR) is 52.8 cm³/mol. The van der Waals surface area contributed by atoms with E-state index in [1.54, 1.807) is 6.07 Å². The summed E-state index contributed by atoms with van der Waals surface area (Å²) in [6.07, 6.45) is 1.53. The van der Waals surface area contributed by atoms with Crippen LogP contribution in [0.15, 0.2) is 30.5 Å². The van der Waals surface area contributed by atoms with Crippen molar-refractivity contribution in [3.05, 3.63) is 46.3 Å². The minimum Gasteiger partial charge on any atom is -1.00 e. The van der Waals surface area contributed by atoms with Crippen molar-refractivity contribution in [2.24, 2.45) is 0 Å². The summed E-state index contributed by atoms with van der Waals surface area (Å²) < 4.78 is 1.82. The quantitative estimate of drug-likeness (QED) is 0.300. The van der Waals surface area contributed by atoms with Gasteiger partial charge in [-0.2, -0.15) is 4.57 Å². The number of aryl methyl sites for hydroxylation is 1. The van der Waals surface area contributed by atoms with Crippen LogP contribution in [-0.2, 0) is 6.54 Å². The molecule has 0 atom stereocenters. The summed E-state index contributed by atoms with van der Waals surface area (Å²) in [4.78, 5) is 10.1. The van der Waals surface area contributed by atoms with Crippen molar-refractivity contribution >= 4 is 5.69 Å². The number of aromatic nitrogens is 1. The molecule has 1 aromatic heterocycles. The van der Waals surface area contributed by atoms with E-state index in [0.717, 1.165) is 11.3 Å². The van der Waals surface area contributed by atoms with E-state index < -0.39 is 4.92 Å². The molecule has 5 heteroatoms. The van der Waals surface area contributed by atoms with Crippen LogP contribution in [0.2, 0.25) is 0 Å². The smallest absolute Gasteiger partial charge is 0.332 e. The maximum atomic E-state index is 10.5. The fourth-order valence-electron chi connectivity index (χ4n) is 1.18. The molecule has 1 aromatic rings. The Hall–Kier alpha value is -1.23. The Kier molecular flexibility index (Phi) is 5.14. The van der Waals surface area contributed by atoms with Gasteiger partial charge in [0.2, 0.25) is 6.20 Å². The molecule has 0 saturated carbocycles. The number of halogens is 1. The lowest BCUT2D eigenvalue weighted by Crippen LogP contribution is -3.00. The largest absolute Gasteiger partial charge is 1.00 e. The van der Waals surface area contributed by atoms with Crippen molar-refractivity contribution in [3.63, 3.8) is 0 Å². The number of hydrogen-bond acceptors (Lipinski definition) is 2. The van der Waals surface area contributed by atoms with E-state index in [1.807, 2.05) is 18.4 Å². The predicted octanol–water partition coefficient (Wildman–Crippen LogP) is -1.23. The maximum absolute atomic E-state index is 10.5. The van der Waals surface area contributed by atoms with E-state index in [-0.39, 0.29) is 22.7 Å². The van der Waals surface area contributed by atoms with Gasteiger partial charge < -0.3 is 17.0 Å². The molecule has 15 heavy (non-hydrogen) atoms. The highest BCUT2D eigenvalue weighted by Gasteiger charge is 2.14. The fraction of sp³-hybridized carbons (Fsp3) is 0.300. The van der Waals surface area contributed by atoms with Crippen molar-refractivity contribution in [3.8, 4) is 0 Å². The average molecular weight is 273 g/mol. The molecule has 1 heterocycles. The Morgan fingerprint density at radius 2 is 2.20 bits per heavy atom. The number of rotatable bonds is 3. The number of allylic oxidation sites excluding steroid dienone is 1. The maximum Gasteiger partial charge on any atom is 0.332 e. The van der Waals surface area contributed by atoms with Crippen molar-refractivity contribution < 1.29 is 26.5 Å². The molecule has 0 aliphatic heterocycles. The number of hydrogen-bond donors (Lipinski definition) is 0. The Bertz CT molecular complexity index is 391. The topological polar surface area (TPSA) is 47.0 Å². The zero-order valence-corrected chi connectivity index (χ0v) is 10.3. The number of pyridine rings is 1. The van der Waals surface area contributed by atoms with Gasteiger partial charge in [-0.1, -0.05) is 6.58 Å². The Labute approximate surface area is 99.2 Å². The van der Waals surface area contributed by atoms with E-state index in [0.29, 0.717) is 6.54 Å². The minimum absolute atomic E-state index is 0. The first-order valence-corrected chi connectivity index (χ1v) is 4.29. The van der Waals surface area contributed by atoms with Crippen molar-refractivity contribution in [2.45, 2.75) is 20.4 Å². The first-order chi connectivity index (χ1) is 6.50. The first kappa shape index (κ1) is 13.8. The molecular formula is C10H13BrN2O2. The highest BCUT2D eigenvalue weighted by Crippen LogP contribution is 2.07. The molecule has 82 valence electrons. The molecule has 0 radical (unpaired) electrons. The van der Waals surface area contributed by atoms with Crippen LogP contribution >= 0.6 is 0 Å². The molecule has 0 fully saturated rings. The van der Waals surface area contributed by atoms with Gasteiger partial charge in [-0.15, -0.1) is 0 Å². The normalized spacial score (nSPS) is 9.20. The SMILES string of the molecule is C=C(C)C[n+]1cc([N+](=O)[O-])ccc1C.[Br-]. The van der Waals surface area contributed by atoms with E-state index >= 15 is 0 Å². The van der Waals surface area contributed by atoms with Crippen molar-refractivity contribution in [1.29, 1.82) is 0 Å². The van der Waals surface area contributed by atoms with Gasteiger partial charge in [0.1, 0.15) is 0 Å². The second-order valence-electron chi connectivity index (χ2n) is 3.37. The number of nitrogens with zero attached hydrogens (tertiary/aromatic N) is 2. The van der Waals surface area contributed by atoms with Gasteiger partial charge in [0, 0.05) is 19.1 Å². The van der Waals surface area contributed by atoms with E-state index in [4.69, 9.17) is 0 Å². The molecule has 4 nitrogen and oxygen atoms in total. The zero-order chi connectivity index (χ0) is 10.7. The third-order valence-electron chi connectivity index (χ3n) is 1.89. The third-order valence-corrected chi connectivity index (χ3v) is 1.89. The van der Waals surface area contributed by atoms with Crippen molar-refractivity contribution in [2.75, 3.05) is 0 Å². The van der Waals surface area contributed by atoms with Crippen LogP contribution in [0.4, 0.5) is 5.69 Å².